The molecule has 1 nitrogen and oxygen atoms in total. The van der Waals surface area contributed by atoms with E-state index in [1.165, 1.54) is 70.0 Å². The maximum atomic E-state index is 2.40. The number of fused-ring (bicyclic) bond motifs is 8. The Balaban J connectivity index is 1.19. The molecule has 0 fully saturated rings. The number of hydrogen-bond donors (Lipinski definition) is 0. The summed E-state index contributed by atoms with van der Waals surface area (Å²) in [4.78, 5) is 2.39. The van der Waals surface area contributed by atoms with Crippen molar-refractivity contribution in [2.24, 2.45) is 0 Å². The Labute approximate surface area is 267 Å². The monoisotopic (exact) mass is 593 g/mol. The third kappa shape index (κ3) is 3.99. The van der Waals surface area contributed by atoms with E-state index < -0.39 is 0 Å². The highest BCUT2D eigenvalue weighted by Crippen LogP contribution is 2.50. The van der Waals surface area contributed by atoms with Gasteiger partial charge < -0.3 is 4.90 Å². The van der Waals surface area contributed by atoms with E-state index in [2.05, 4.69) is 170 Å². The number of anilines is 3. The maximum Gasteiger partial charge on any atom is 0.0465 e. The molecule has 8 aromatic rings. The molecule has 1 aromatic heterocycles. The van der Waals surface area contributed by atoms with E-state index in [4.69, 9.17) is 0 Å². The van der Waals surface area contributed by atoms with Crippen LogP contribution in [0.3, 0.4) is 0 Å². The van der Waals surface area contributed by atoms with Crippen LogP contribution in [0.5, 0.6) is 0 Å². The number of benzene rings is 7. The van der Waals surface area contributed by atoms with Gasteiger partial charge in [0, 0.05) is 42.6 Å². The number of para-hydroxylation sites is 1. The molecule has 214 valence electrons. The highest BCUT2D eigenvalue weighted by atomic mass is 32.1. The molecule has 45 heavy (non-hydrogen) atoms. The van der Waals surface area contributed by atoms with Crippen molar-refractivity contribution < 1.29 is 0 Å². The molecule has 2 heteroatoms. The number of thiophene rings is 1. The maximum absolute atomic E-state index is 2.40. The molecule has 0 saturated heterocycles. The van der Waals surface area contributed by atoms with Crippen LogP contribution in [0.15, 0.2) is 152 Å². The van der Waals surface area contributed by atoms with Crippen molar-refractivity contribution in [3.63, 3.8) is 0 Å². The Morgan fingerprint density at radius 1 is 0.467 bits per heavy atom. The Kier molecular flexibility index (Phi) is 5.78. The third-order valence-corrected chi connectivity index (χ3v) is 10.8. The minimum absolute atomic E-state index is 0.0559. The van der Waals surface area contributed by atoms with Gasteiger partial charge in [-0.1, -0.05) is 117 Å². The van der Waals surface area contributed by atoms with Gasteiger partial charge >= 0.3 is 0 Å². The van der Waals surface area contributed by atoms with Crippen molar-refractivity contribution in [3.05, 3.63) is 163 Å². The molecule has 0 radical (unpaired) electrons. The first-order valence-corrected chi connectivity index (χ1v) is 16.4. The molecule has 9 rings (SSSR count). The fourth-order valence-electron chi connectivity index (χ4n) is 7.48. The molecule has 0 unspecified atom stereocenters. The van der Waals surface area contributed by atoms with Crippen LogP contribution in [0.1, 0.15) is 25.0 Å². The van der Waals surface area contributed by atoms with Crippen LogP contribution in [0.4, 0.5) is 17.1 Å². The van der Waals surface area contributed by atoms with E-state index in [1.54, 1.807) is 0 Å². The second-order valence-electron chi connectivity index (χ2n) is 12.6. The summed E-state index contributed by atoms with van der Waals surface area (Å²) in [5, 5.41) is 5.31. The topological polar surface area (TPSA) is 3.24 Å². The number of hydrogen-bond acceptors (Lipinski definition) is 2. The number of rotatable bonds is 4. The van der Waals surface area contributed by atoms with Crippen LogP contribution in [-0.2, 0) is 5.41 Å². The van der Waals surface area contributed by atoms with Gasteiger partial charge in [-0.15, -0.1) is 11.3 Å². The van der Waals surface area contributed by atoms with Gasteiger partial charge in [0.05, 0.1) is 0 Å². The standard InChI is InChI=1S/C43H31NS/c1-43(2)37-17-8-6-14-34(37)35-25-24-32(27-38(35)43)44(30-12-4-3-5-13-30)31-22-19-28(20-23-31)33-16-10-11-29-21-26-40-42(41(29)33)36-15-7-9-18-39(36)45-40/h3-27H,1-2H3. The van der Waals surface area contributed by atoms with Crippen LogP contribution in [0.25, 0.3) is 53.2 Å². The van der Waals surface area contributed by atoms with Gasteiger partial charge in [0.25, 0.3) is 0 Å². The van der Waals surface area contributed by atoms with Crippen molar-refractivity contribution in [2.75, 3.05) is 4.90 Å². The Morgan fingerprint density at radius 2 is 1.16 bits per heavy atom. The lowest BCUT2D eigenvalue weighted by Gasteiger charge is -2.28. The zero-order valence-corrected chi connectivity index (χ0v) is 26.1. The van der Waals surface area contributed by atoms with Crippen molar-refractivity contribution in [2.45, 2.75) is 19.3 Å². The SMILES string of the molecule is CC1(C)c2ccccc2-c2ccc(N(c3ccccc3)c3ccc(-c4cccc5ccc6sc7ccccc7c6c45)cc3)cc21. The van der Waals surface area contributed by atoms with Gasteiger partial charge in [-0.25, -0.2) is 0 Å². The van der Waals surface area contributed by atoms with E-state index in [9.17, 15) is 0 Å². The summed E-state index contributed by atoms with van der Waals surface area (Å²) in [6, 6.07) is 55.8. The predicted molar refractivity (Wildman–Crippen MR) is 195 cm³/mol. The van der Waals surface area contributed by atoms with Crippen molar-refractivity contribution >= 4 is 59.3 Å². The summed E-state index contributed by atoms with van der Waals surface area (Å²) in [7, 11) is 0. The smallest absolute Gasteiger partial charge is 0.0465 e. The van der Waals surface area contributed by atoms with Gasteiger partial charge in [-0.05, 0) is 92.7 Å². The average Bonchev–Trinajstić information content (AvgIpc) is 3.58. The predicted octanol–water partition coefficient (Wildman–Crippen LogP) is 12.7. The van der Waals surface area contributed by atoms with Gasteiger partial charge in [0.15, 0.2) is 0 Å². The Bertz CT molecular complexity index is 2400. The van der Waals surface area contributed by atoms with Crippen molar-refractivity contribution in [3.8, 4) is 22.3 Å². The lowest BCUT2D eigenvalue weighted by Crippen LogP contribution is -2.16. The summed E-state index contributed by atoms with van der Waals surface area (Å²) in [5.41, 5.74) is 11.4. The minimum atomic E-state index is -0.0559. The Morgan fingerprint density at radius 3 is 2.02 bits per heavy atom. The summed E-state index contributed by atoms with van der Waals surface area (Å²) in [6.45, 7) is 4.70. The quantitative estimate of drug-likeness (QED) is 0.196. The third-order valence-electron chi connectivity index (χ3n) is 9.66. The van der Waals surface area contributed by atoms with E-state index in [-0.39, 0.29) is 5.41 Å². The lowest BCUT2D eigenvalue weighted by atomic mass is 9.82. The van der Waals surface area contributed by atoms with Crippen LogP contribution in [-0.4, -0.2) is 0 Å². The molecule has 1 heterocycles. The fourth-order valence-corrected chi connectivity index (χ4v) is 8.59. The van der Waals surface area contributed by atoms with Crippen molar-refractivity contribution in [1.29, 1.82) is 0 Å². The molecule has 0 aliphatic heterocycles. The van der Waals surface area contributed by atoms with E-state index in [1.807, 2.05) is 11.3 Å². The fraction of sp³-hybridized carbons (Fsp3) is 0.0698. The summed E-state index contributed by atoms with van der Waals surface area (Å²) in [6.07, 6.45) is 0. The second kappa shape index (κ2) is 9.92. The molecule has 0 spiro atoms. The normalized spacial score (nSPS) is 13.3. The van der Waals surface area contributed by atoms with Crippen LogP contribution >= 0.6 is 11.3 Å². The zero-order chi connectivity index (χ0) is 30.1. The zero-order valence-electron chi connectivity index (χ0n) is 25.3. The largest absolute Gasteiger partial charge is 0.310 e. The second-order valence-corrected chi connectivity index (χ2v) is 13.6. The molecule has 1 aliphatic rings. The highest BCUT2D eigenvalue weighted by molar-refractivity contribution is 7.26. The van der Waals surface area contributed by atoms with Gasteiger partial charge in [-0.2, -0.15) is 0 Å². The molecule has 0 bridgehead atoms. The first-order chi connectivity index (χ1) is 22.1. The molecule has 1 aliphatic carbocycles. The molecule has 0 atom stereocenters. The van der Waals surface area contributed by atoms with Gasteiger partial charge in [0.2, 0.25) is 0 Å². The molecule has 0 N–H and O–H groups in total. The Hall–Kier alpha value is -5.18. The molecular weight excluding hydrogens is 563 g/mol. The number of nitrogens with zero attached hydrogens (tertiary/aromatic N) is 1. The van der Waals surface area contributed by atoms with E-state index in [0.29, 0.717) is 0 Å². The highest BCUT2D eigenvalue weighted by Gasteiger charge is 2.35. The molecule has 7 aromatic carbocycles. The first kappa shape index (κ1) is 26.2. The average molecular weight is 594 g/mol. The van der Waals surface area contributed by atoms with E-state index in [0.717, 1.165) is 11.4 Å². The first-order valence-electron chi connectivity index (χ1n) is 15.6. The summed E-state index contributed by atoms with van der Waals surface area (Å²) in [5.74, 6) is 0. The van der Waals surface area contributed by atoms with Crippen LogP contribution in [0.2, 0.25) is 0 Å². The van der Waals surface area contributed by atoms with E-state index >= 15 is 0 Å². The minimum Gasteiger partial charge on any atom is -0.310 e. The lowest BCUT2D eigenvalue weighted by molar-refractivity contribution is 0.660. The van der Waals surface area contributed by atoms with Crippen LogP contribution < -0.4 is 4.90 Å². The van der Waals surface area contributed by atoms with Gasteiger partial charge in [0.1, 0.15) is 0 Å². The summed E-state index contributed by atoms with van der Waals surface area (Å²) >= 11 is 1.88. The van der Waals surface area contributed by atoms with Gasteiger partial charge in [-0.3, -0.25) is 0 Å². The van der Waals surface area contributed by atoms with Crippen molar-refractivity contribution in [1.82, 2.24) is 0 Å². The summed E-state index contributed by atoms with van der Waals surface area (Å²) < 4.78 is 2.67. The molecular formula is C43H31NS. The molecule has 0 saturated carbocycles. The molecule has 0 amide bonds. The van der Waals surface area contributed by atoms with Crippen LogP contribution in [0, 0.1) is 0 Å².